The highest BCUT2D eigenvalue weighted by Crippen LogP contribution is 2.28. The summed E-state index contributed by atoms with van der Waals surface area (Å²) in [6.45, 7) is 4.38. The molecular weight excluding hydrogens is 402 g/mol. The lowest BCUT2D eigenvalue weighted by Gasteiger charge is -2.17. The Kier molecular flexibility index (Phi) is 6.29. The number of benzene rings is 1. The summed E-state index contributed by atoms with van der Waals surface area (Å²) < 4.78 is 16.6. The van der Waals surface area contributed by atoms with Gasteiger partial charge in [0, 0.05) is 12.1 Å². The van der Waals surface area contributed by atoms with Crippen LogP contribution < -0.4 is 0 Å². The minimum atomic E-state index is -0.191. The minimum absolute atomic E-state index is 0.191. The molecule has 1 unspecified atom stereocenters. The molecule has 1 heterocycles. The molecule has 1 aromatic carbocycles. The number of fused-ring (bicyclic) bond motifs is 1. The molecule has 1 atom stereocenters. The molecule has 1 aromatic heterocycles. The summed E-state index contributed by atoms with van der Waals surface area (Å²) in [7, 11) is 0. The smallest absolute Gasteiger partial charge is 0.138 e. The summed E-state index contributed by atoms with van der Waals surface area (Å²) in [6, 6.07) is 3.67. The summed E-state index contributed by atoms with van der Waals surface area (Å²) in [5.74, 6) is 0.992. The van der Waals surface area contributed by atoms with E-state index in [2.05, 4.69) is 23.4 Å². The van der Waals surface area contributed by atoms with Gasteiger partial charge in [0.15, 0.2) is 0 Å². The monoisotopic (exact) mass is 422 g/mol. The zero-order valence-electron chi connectivity index (χ0n) is 12.5. The van der Waals surface area contributed by atoms with Crippen molar-refractivity contribution < 1.29 is 4.39 Å². The van der Waals surface area contributed by atoms with Gasteiger partial charge in [0.05, 0.1) is 20.5 Å². The number of imidazole rings is 1. The molecule has 0 amide bonds. The second kappa shape index (κ2) is 7.77. The highest BCUT2D eigenvalue weighted by Gasteiger charge is 2.17. The quantitative estimate of drug-likeness (QED) is 0.302. The molecule has 0 radical (unpaired) electrons. The Morgan fingerprint density at radius 1 is 1.33 bits per heavy atom. The molecule has 0 aliphatic heterocycles. The molecule has 0 spiro atoms. The Morgan fingerprint density at radius 3 is 2.76 bits per heavy atom. The topological polar surface area (TPSA) is 17.8 Å². The van der Waals surface area contributed by atoms with Crippen molar-refractivity contribution in [1.29, 1.82) is 0 Å². The molecule has 0 N–H and O–H groups in total. The van der Waals surface area contributed by atoms with E-state index in [0.29, 0.717) is 15.5 Å². The van der Waals surface area contributed by atoms with Crippen LogP contribution in [0.5, 0.6) is 0 Å². The molecule has 0 saturated carbocycles. The summed E-state index contributed by atoms with van der Waals surface area (Å²) in [5, 5.41) is 0. The largest absolute Gasteiger partial charge is 0.324 e. The molecule has 21 heavy (non-hydrogen) atoms. The van der Waals surface area contributed by atoms with E-state index in [1.54, 1.807) is 12.1 Å². The van der Waals surface area contributed by atoms with Crippen LogP contribution in [0.3, 0.4) is 0 Å². The van der Waals surface area contributed by atoms with Crippen molar-refractivity contribution in [2.24, 2.45) is 0 Å². The maximum Gasteiger partial charge on any atom is 0.138 e. The minimum Gasteiger partial charge on any atom is -0.324 e. The van der Waals surface area contributed by atoms with Crippen molar-refractivity contribution in [1.82, 2.24) is 9.55 Å². The van der Waals surface area contributed by atoms with Gasteiger partial charge in [-0.1, -0.05) is 32.6 Å². The van der Waals surface area contributed by atoms with E-state index in [0.717, 1.165) is 23.3 Å². The van der Waals surface area contributed by atoms with Crippen LogP contribution in [0, 0.1) is 9.39 Å². The van der Waals surface area contributed by atoms with Gasteiger partial charge in [-0.2, -0.15) is 0 Å². The second-order valence-electron chi connectivity index (χ2n) is 5.49. The molecule has 116 valence electrons. The van der Waals surface area contributed by atoms with Crippen LogP contribution >= 0.6 is 34.2 Å². The fraction of sp³-hybridized carbons (Fsp3) is 0.562. The van der Waals surface area contributed by atoms with Crippen LogP contribution in [-0.4, -0.2) is 9.55 Å². The summed E-state index contributed by atoms with van der Waals surface area (Å²) >= 11 is 8.03. The lowest BCUT2D eigenvalue weighted by Crippen LogP contribution is -2.08. The van der Waals surface area contributed by atoms with Crippen LogP contribution in [0.1, 0.15) is 57.8 Å². The fourth-order valence-electron chi connectivity index (χ4n) is 2.72. The SMILES string of the molecule is CCCCCCC(C)n1c(CCl)nc2cc(I)c(F)cc21. The molecular formula is C16H21ClFIN2. The third kappa shape index (κ3) is 3.89. The summed E-state index contributed by atoms with van der Waals surface area (Å²) in [4.78, 5) is 4.56. The van der Waals surface area contributed by atoms with E-state index in [-0.39, 0.29) is 5.82 Å². The summed E-state index contributed by atoms with van der Waals surface area (Å²) in [5.41, 5.74) is 1.68. The summed E-state index contributed by atoms with van der Waals surface area (Å²) in [6.07, 6.45) is 6.01. The first-order valence-corrected chi connectivity index (χ1v) is 9.11. The van der Waals surface area contributed by atoms with Crippen molar-refractivity contribution in [2.75, 3.05) is 0 Å². The third-order valence-electron chi connectivity index (χ3n) is 3.84. The number of halogens is 3. The standard InChI is InChI=1S/C16H21ClFIN2/c1-3-4-5-6-7-11(2)21-15-8-12(18)13(19)9-14(15)20-16(21)10-17/h8-9,11H,3-7,10H2,1-2H3. The van der Waals surface area contributed by atoms with E-state index in [4.69, 9.17) is 11.6 Å². The number of hydrogen-bond donors (Lipinski definition) is 0. The molecule has 2 aromatic rings. The normalized spacial score (nSPS) is 13.0. The maximum absolute atomic E-state index is 13.9. The number of hydrogen-bond acceptors (Lipinski definition) is 1. The molecule has 0 bridgehead atoms. The molecule has 0 aliphatic carbocycles. The zero-order chi connectivity index (χ0) is 15.4. The van der Waals surface area contributed by atoms with Crippen LogP contribution in [0.15, 0.2) is 12.1 Å². The van der Waals surface area contributed by atoms with Crippen molar-refractivity contribution in [3.63, 3.8) is 0 Å². The fourth-order valence-corrected chi connectivity index (χ4v) is 3.36. The van der Waals surface area contributed by atoms with E-state index in [9.17, 15) is 4.39 Å². The number of unbranched alkanes of at least 4 members (excludes halogenated alkanes) is 3. The number of alkyl halides is 1. The zero-order valence-corrected chi connectivity index (χ0v) is 15.4. The van der Waals surface area contributed by atoms with Gasteiger partial charge >= 0.3 is 0 Å². The predicted molar refractivity (Wildman–Crippen MR) is 95.4 cm³/mol. The Balaban J connectivity index is 2.30. The van der Waals surface area contributed by atoms with Crippen LogP contribution in [0.2, 0.25) is 0 Å². The Bertz CT molecular complexity index is 612. The van der Waals surface area contributed by atoms with Gasteiger partial charge < -0.3 is 4.57 Å². The van der Waals surface area contributed by atoms with E-state index in [1.165, 1.54) is 25.7 Å². The molecule has 2 nitrogen and oxygen atoms in total. The number of aromatic nitrogens is 2. The first-order chi connectivity index (χ1) is 10.1. The number of rotatable bonds is 7. The van der Waals surface area contributed by atoms with Gasteiger partial charge in [-0.25, -0.2) is 9.37 Å². The highest BCUT2D eigenvalue weighted by molar-refractivity contribution is 14.1. The molecule has 2 rings (SSSR count). The van der Waals surface area contributed by atoms with E-state index >= 15 is 0 Å². The molecule has 0 fully saturated rings. The van der Waals surface area contributed by atoms with E-state index in [1.807, 2.05) is 22.6 Å². The van der Waals surface area contributed by atoms with Gasteiger partial charge in [-0.3, -0.25) is 0 Å². The average molecular weight is 423 g/mol. The first kappa shape index (κ1) is 17.0. The van der Waals surface area contributed by atoms with Crippen molar-refractivity contribution in [2.45, 2.75) is 57.9 Å². The Labute approximate surface area is 144 Å². The van der Waals surface area contributed by atoms with Crippen molar-refractivity contribution in [3.8, 4) is 0 Å². The third-order valence-corrected chi connectivity index (χ3v) is 4.91. The van der Waals surface area contributed by atoms with Gasteiger partial charge in [0.2, 0.25) is 0 Å². The molecule has 5 heteroatoms. The first-order valence-electron chi connectivity index (χ1n) is 7.50. The lowest BCUT2D eigenvalue weighted by molar-refractivity contribution is 0.472. The Morgan fingerprint density at radius 2 is 2.10 bits per heavy atom. The average Bonchev–Trinajstić information content (AvgIpc) is 2.81. The number of nitrogens with zero attached hydrogens (tertiary/aromatic N) is 2. The van der Waals surface area contributed by atoms with Crippen LogP contribution in [0.4, 0.5) is 4.39 Å². The van der Waals surface area contributed by atoms with Gasteiger partial charge in [-0.05, 0) is 42.0 Å². The Hall–Kier alpha value is -0.360. The van der Waals surface area contributed by atoms with Gasteiger partial charge in [0.25, 0.3) is 0 Å². The van der Waals surface area contributed by atoms with E-state index < -0.39 is 0 Å². The van der Waals surface area contributed by atoms with Gasteiger partial charge in [0.1, 0.15) is 11.6 Å². The predicted octanol–water partition coefficient (Wildman–Crippen LogP) is 6.05. The van der Waals surface area contributed by atoms with Crippen molar-refractivity contribution >= 4 is 45.2 Å². The van der Waals surface area contributed by atoms with Crippen molar-refractivity contribution in [3.05, 3.63) is 27.3 Å². The van der Waals surface area contributed by atoms with Crippen LogP contribution in [-0.2, 0) is 5.88 Å². The second-order valence-corrected chi connectivity index (χ2v) is 6.91. The lowest BCUT2D eigenvalue weighted by atomic mass is 10.1. The molecule has 0 saturated heterocycles. The molecule has 0 aliphatic rings. The van der Waals surface area contributed by atoms with Gasteiger partial charge in [-0.15, -0.1) is 11.6 Å². The maximum atomic E-state index is 13.9. The van der Waals surface area contributed by atoms with Crippen LogP contribution in [0.25, 0.3) is 11.0 Å². The highest BCUT2D eigenvalue weighted by atomic mass is 127.